The fourth-order valence-electron chi connectivity index (χ4n) is 2.37. The first-order chi connectivity index (χ1) is 8.53. The summed E-state index contributed by atoms with van der Waals surface area (Å²) in [7, 11) is 0. The molecule has 1 aliphatic rings. The third-order valence-corrected chi connectivity index (χ3v) is 4.10. The molecule has 0 aliphatic carbocycles. The summed E-state index contributed by atoms with van der Waals surface area (Å²) in [6, 6.07) is 1.94. The van der Waals surface area contributed by atoms with Crippen molar-refractivity contribution in [3.63, 3.8) is 0 Å². The topological polar surface area (TPSA) is 75.3 Å². The number of hydrogen-bond donors (Lipinski definition) is 2. The molecule has 1 unspecified atom stereocenters. The van der Waals surface area contributed by atoms with Gasteiger partial charge < -0.3 is 10.8 Å². The molecule has 0 spiro atoms. The average molecular weight is 264 g/mol. The quantitative estimate of drug-likeness (QED) is 0.853. The summed E-state index contributed by atoms with van der Waals surface area (Å²) in [6.07, 6.45) is 0.795. The molecule has 5 nitrogen and oxygen atoms in total. The van der Waals surface area contributed by atoms with E-state index in [0.29, 0.717) is 18.9 Å². The van der Waals surface area contributed by atoms with Crippen LogP contribution in [-0.2, 0) is 6.54 Å². The highest BCUT2D eigenvalue weighted by Gasteiger charge is 2.31. The number of thiophene rings is 1. The highest BCUT2D eigenvalue weighted by atomic mass is 32.1. The summed E-state index contributed by atoms with van der Waals surface area (Å²) in [6.45, 7) is 4.05. The van der Waals surface area contributed by atoms with Gasteiger partial charge in [-0.15, -0.1) is 11.3 Å². The first kappa shape index (κ1) is 11.8. The highest BCUT2D eigenvalue weighted by molar-refractivity contribution is 7.16. The van der Waals surface area contributed by atoms with Crippen molar-refractivity contribution in [2.45, 2.75) is 25.5 Å². The molecule has 0 saturated carbocycles. The number of nitrogens with zero attached hydrogens (tertiary/aromatic N) is 3. The minimum Gasteiger partial charge on any atom is -0.389 e. The van der Waals surface area contributed by atoms with E-state index in [-0.39, 0.29) is 0 Å². The molecule has 1 aliphatic heterocycles. The second-order valence-electron chi connectivity index (χ2n) is 5.12. The monoisotopic (exact) mass is 264 g/mol. The maximum absolute atomic E-state index is 9.93. The van der Waals surface area contributed by atoms with E-state index < -0.39 is 5.60 Å². The molecule has 0 amide bonds. The van der Waals surface area contributed by atoms with Gasteiger partial charge in [0.05, 0.1) is 17.5 Å². The lowest BCUT2D eigenvalue weighted by Gasteiger charge is -2.18. The van der Waals surface area contributed by atoms with Crippen molar-refractivity contribution in [3.05, 3.63) is 17.3 Å². The summed E-state index contributed by atoms with van der Waals surface area (Å²) in [4.78, 5) is 11.9. The average Bonchev–Trinajstić information content (AvgIpc) is 2.85. The SMILES string of the molecule is CC1(O)CCN(Cc2nc(N)c3ccsc3n2)C1. The minimum atomic E-state index is -0.585. The number of β-amino-alcohol motifs (C(OH)–C–C–N with tert-alkyl or cyclic N) is 1. The first-order valence-electron chi connectivity index (χ1n) is 5.98. The minimum absolute atomic E-state index is 0.544. The lowest BCUT2D eigenvalue weighted by molar-refractivity contribution is 0.0676. The van der Waals surface area contributed by atoms with Crippen LogP contribution in [0.25, 0.3) is 10.2 Å². The van der Waals surface area contributed by atoms with Gasteiger partial charge >= 0.3 is 0 Å². The zero-order chi connectivity index (χ0) is 12.8. The fraction of sp³-hybridized carbons (Fsp3) is 0.500. The molecule has 6 heteroatoms. The molecule has 0 radical (unpaired) electrons. The fourth-order valence-corrected chi connectivity index (χ4v) is 3.16. The molecule has 1 saturated heterocycles. The maximum Gasteiger partial charge on any atom is 0.146 e. The van der Waals surface area contributed by atoms with Crippen LogP contribution in [0.4, 0.5) is 5.82 Å². The van der Waals surface area contributed by atoms with Crippen molar-refractivity contribution in [1.29, 1.82) is 0 Å². The number of aliphatic hydroxyl groups is 1. The van der Waals surface area contributed by atoms with Gasteiger partial charge in [0.25, 0.3) is 0 Å². The number of fused-ring (bicyclic) bond motifs is 1. The Bertz CT molecular complexity index is 580. The van der Waals surface area contributed by atoms with E-state index >= 15 is 0 Å². The largest absolute Gasteiger partial charge is 0.389 e. The molecule has 2 aromatic rings. The molecule has 0 bridgehead atoms. The predicted molar refractivity (Wildman–Crippen MR) is 72.3 cm³/mol. The van der Waals surface area contributed by atoms with Crippen LogP contribution in [0, 0.1) is 0 Å². The number of rotatable bonds is 2. The van der Waals surface area contributed by atoms with E-state index in [1.54, 1.807) is 11.3 Å². The first-order valence-corrected chi connectivity index (χ1v) is 6.86. The van der Waals surface area contributed by atoms with Gasteiger partial charge in [0, 0.05) is 13.1 Å². The summed E-state index contributed by atoms with van der Waals surface area (Å²) >= 11 is 1.57. The van der Waals surface area contributed by atoms with Crippen LogP contribution < -0.4 is 5.73 Å². The van der Waals surface area contributed by atoms with Gasteiger partial charge in [-0.25, -0.2) is 9.97 Å². The van der Waals surface area contributed by atoms with Crippen LogP contribution in [0.2, 0.25) is 0 Å². The lowest BCUT2D eigenvalue weighted by atomic mass is 10.1. The molecule has 3 heterocycles. The third kappa shape index (κ3) is 2.19. The zero-order valence-corrected chi connectivity index (χ0v) is 11.1. The Morgan fingerprint density at radius 1 is 1.56 bits per heavy atom. The Hall–Kier alpha value is -1.24. The summed E-state index contributed by atoms with van der Waals surface area (Å²) in [5.41, 5.74) is 5.33. The van der Waals surface area contributed by atoms with Gasteiger partial charge in [0.2, 0.25) is 0 Å². The van der Waals surface area contributed by atoms with Crippen LogP contribution in [0.5, 0.6) is 0 Å². The number of likely N-dealkylation sites (tertiary alicyclic amines) is 1. The van der Waals surface area contributed by atoms with Crippen LogP contribution in [0.1, 0.15) is 19.2 Å². The summed E-state index contributed by atoms with van der Waals surface area (Å²) in [5, 5.41) is 12.8. The molecule has 2 aromatic heterocycles. The van der Waals surface area contributed by atoms with Gasteiger partial charge in [0.1, 0.15) is 16.5 Å². The zero-order valence-electron chi connectivity index (χ0n) is 10.3. The second kappa shape index (κ2) is 4.15. The number of nitrogens with two attached hydrogens (primary N) is 1. The Kier molecular flexibility index (Phi) is 2.73. The second-order valence-corrected chi connectivity index (χ2v) is 6.02. The van der Waals surface area contributed by atoms with E-state index in [4.69, 9.17) is 5.73 Å². The number of nitrogen functional groups attached to an aromatic ring is 1. The molecule has 3 rings (SSSR count). The molecule has 0 aromatic carbocycles. The van der Waals surface area contributed by atoms with E-state index in [1.165, 1.54) is 0 Å². The van der Waals surface area contributed by atoms with E-state index in [2.05, 4.69) is 14.9 Å². The molecule has 1 fully saturated rings. The standard InChI is InChI=1S/C12H16N4OS/c1-12(17)3-4-16(7-12)6-9-14-10(13)8-2-5-18-11(8)15-9/h2,5,17H,3-4,6-7H2,1H3,(H2,13,14,15). The Morgan fingerprint density at radius 3 is 3.11 bits per heavy atom. The molecule has 3 N–H and O–H groups in total. The number of anilines is 1. The number of hydrogen-bond acceptors (Lipinski definition) is 6. The molecular weight excluding hydrogens is 248 g/mol. The third-order valence-electron chi connectivity index (χ3n) is 3.30. The van der Waals surface area contributed by atoms with Crippen LogP contribution in [-0.4, -0.2) is 38.7 Å². The number of aromatic nitrogens is 2. The van der Waals surface area contributed by atoms with Gasteiger partial charge in [-0.1, -0.05) is 0 Å². The van der Waals surface area contributed by atoms with Crippen molar-refractivity contribution in [3.8, 4) is 0 Å². The summed E-state index contributed by atoms with van der Waals surface area (Å²) < 4.78 is 0. The van der Waals surface area contributed by atoms with Gasteiger partial charge in [-0.2, -0.15) is 0 Å². The Labute approximate surface area is 109 Å². The van der Waals surface area contributed by atoms with Crippen molar-refractivity contribution in [2.75, 3.05) is 18.8 Å². The van der Waals surface area contributed by atoms with E-state index in [1.807, 2.05) is 18.4 Å². The van der Waals surface area contributed by atoms with Crippen LogP contribution >= 0.6 is 11.3 Å². The van der Waals surface area contributed by atoms with Crippen molar-refractivity contribution in [1.82, 2.24) is 14.9 Å². The van der Waals surface area contributed by atoms with Gasteiger partial charge in [-0.05, 0) is 24.8 Å². The molecule has 1 atom stereocenters. The summed E-state index contributed by atoms with van der Waals surface area (Å²) in [5.74, 6) is 1.28. The molecule has 18 heavy (non-hydrogen) atoms. The lowest BCUT2D eigenvalue weighted by Crippen LogP contribution is -2.29. The highest BCUT2D eigenvalue weighted by Crippen LogP contribution is 2.25. The van der Waals surface area contributed by atoms with Crippen LogP contribution in [0.15, 0.2) is 11.4 Å². The predicted octanol–water partition coefficient (Wildman–Crippen LogP) is 1.23. The smallest absolute Gasteiger partial charge is 0.146 e. The molecular formula is C12H16N4OS. The van der Waals surface area contributed by atoms with Crippen molar-refractivity contribution in [2.24, 2.45) is 0 Å². The Balaban J connectivity index is 1.83. The maximum atomic E-state index is 9.93. The van der Waals surface area contributed by atoms with Gasteiger partial charge in [-0.3, -0.25) is 4.90 Å². The normalized spacial score (nSPS) is 25.0. The molecule has 96 valence electrons. The van der Waals surface area contributed by atoms with Crippen molar-refractivity contribution >= 4 is 27.4 Å². The van der Waals surface area contributed by atoms with Crippen LogP contribution in [0.3, 0.4) is 0 Å². The van der Waals surface area contributed by atoms with E-state index in [9.17, 15) is 5.11 Å². The van der Waals surface area contributed by atoms with Crippen molar-refractivity contribution < 1.29 is 5.11 Å². The van der Waals surface area contributed by atoms with Gasteiger partial charge in [0.15, 0.2) is 0 Å². The van der Waals surface area contributed by atoms with E-state index in [0.717, 1.165) is 29.0 Å². The Morgan fingerprint density at radius 2 is 2.39 bits per heavy atom.